The third-order valence-corrected chi connectivity index (χ3v) is 5.95. The zero-order valence-corrected chi connectivity index (χ0v) is 20.4. The number of amides is 1. The van der Waals surface area contributed by atoms with Crippen LogP contribution in [0.4, 0.5) is 15.8 Å². The van der Waals surface area contributed by atoms with Crippen molar-refractivity contribution in [3.8, 4) is 5.75 Å². The maximum Gasteiger partial charge on any atom is 0.267 e. The van der Waals surface area contributed by atoms with E-state index < -0.39 is 17.3 Å². The van der Waals surface area contributed by atoms with Gasteiger partial charge in [0.25, 0.3) is 11.5 Å². The number of hydrogen-bond acceptors (Lipinski definition) is 5. The van der Waals surface area contributed by atoms with Crippen LogP contribution in [0, 0.1) is 11.7 Å². The van der Waals surface area contributed by atoms with Crippen molar-refractivity contribution < 1.29 is 14.3 Å². The number of halogens is 2. The maximum atomic E-state index is 13.6. The Bertz CT molecular complexity index is 1250. The maximum absolute atomic E-state index is 13.6. The van der Waals surface area contributed by atoms with Crippen LogP contribution in [0.2, 0.25) is 0 Å². The van der Waals surface area contributed by atoms with E-state index in [1.54, 1.807) is 0 Å². The number of pyridine rings is 1. The van der Waals surface area contributed by atoms with E-state index in [1.165, 1.54) is 22.8 Å². The van der Waals surface area contributed by atoms with Gasteiger partial charge >= 0.3 is 0 Å². The van der Waals surface area contributed by atoms with E-state index in [9.17, 15) is 19.1 Å². The summed E-state index contributed by atoms with van der Waals surface area (Å²) in [7, 11) is 2.08. The summed E-state index contributed by atoms with van der Waals surface area (Å²) in [6.45, 7) is 7.91. The van der Waals surface area contributed by atoms with E-state index in [1.807, 2.05) is 32.0 Å². The van der Waals surface area contributed by atoms with E-state index >= 15 is 0 Å². The van der Waals surface area contributed by atoms with Crippen molar-refractivity contribution in [3.05, 3.63) is 64.2 Å². The lowest BCUT2D eigenvalue weighted by Gasteiger charge is -2.34. The van der Waals surface area contributed by atoms with Gasteiger partial charge in [-0.15, -0.1) is 12.4 Å². The Labute approximate surface area is 204 Å². The van der Waals surface area contributed by atoms with E-state index in [0.717, 1.165) is 37.9 Å². The van der Waals surface area contributed by atoms with Gasteiger partial charge in [0.2, 0.25) is 0 Å². The summed E-state index contributed by atoms with van der Waals surface area (Å²) in [6.07, 6.45) is 0. The number of carbonyl (C=O) groups excluding carboxylic acids is 1. The van der Waals surface area contributed by atoms with Crippen molar-refractivity contribution in [2.75, 3.05) is 43.4 Å². The number of anilines is 2. The summed E-state index contributed by atoms with van der Waals surface area (Å²) in [4.78, 5) is 30.8. The number of hydrogen-bond donors (Lipinski definition) is 2. The smallest absolute Gasteiger partial charge is 0.267 e. The standard InChI is InChI=1S/C25H29FN4O3.ClH/c1-16(2)15-30-21-8-7-19(29-11-9-28(3)10-12-29)14-20(21)23(31)22(25(30)33)24(32)27-18-6-4-5-17(26)13-18;/h4-8,13-14,16,31H,9-12,15H2,1-3H3,(H,27,32);1H. The van der Waals surface area contributed by atoms with Crippen LogP contribution in [-0.2, 0) is 6.54 Å². The molecule has 0 unspecified atom stereocenters. The average Bonchev–Trinajstić information content (AvgIpc) is 2.77. The number of aromatic nitrogens is 1. The average molecular weight is 489 g/mol. The van der Waals surface area contributed by atoms with Crippen LogP contribution in [0.5, 0.6) is 5.75 Å². The van der Waals surface area contributed by atoms with Crippen molar-refractivity contribution in [1.29, 1.82) is 0 Å². The fourth-order valence-electron chi connectivity index (χ4n) is 4.20. The second kappa shape index (κ2) is 10.4. The summed E-state index contributed by atoms with van der Waals surface area (Å²) in [5.41, 5.74) is 0.793. The fourth-order valence-corrected chi connectivity index (χ4v) is 4.20. The molecule has 2 aromatic carbocycles. The largest absolute Gasteiger partial charge is 0.506 e. The van der Waals surface area contributed by atoms with Gasteiger partial charge in [-0.05, 0) is 49.4 Å². The number of nitrogens with zero attached hydrogens (tertiary/aromatic N) is 3. The first-order chi connectivity index (χ1) is 15.7. The molecule has 1 aliphatic heterocycles. The molecule has 182 valence electrons. The van der Waals surface area contributed by atoms with Gasteiger partial charge in [-0.1, -0.05) is 19.9 Å². The van der Waals surface area contributed by atoms with Gasteiger partial charge in [0.05, 0.1) is 5.52 Å². The van der Waals surface area contributed by atoms with Gasteiger partial charge in [-0.3, -0.25) is 9.59 Å². The van der Waals surface area contributed by atoms with Crippen LogP contribution in [0.3, 0.4) is 0 Å². The second-order valence-electron chi connectivity index (χ2n) is 8.99. The Balaban J connectivity index is 0.00000324. The molecule has 1 amide bonds. The van der Waals surface area contributed by atoms with Gasteiger partial charge in [-0.25, -0.2) is 4.39 Å². The van der Waals surface area contributed by atoms with Gasteiger partial charge in [-0.2, -0.15) is 0 Å². The molecule has 1 aliphatic rings. The molecule has 2 heterocycles. The molecular formula is C25H30ClFN4O3. The van der Waals surface area contributed by atoms with Crippen LogP contribution < -0.4 is 15.8 Å². The number of aromatic hydroxyl groups is 1. The first kappa shape index (κ1) is 25.5. The van der Waals surface area contributed by atoms with Crippen molar-refractivity contribution in [1.82, 2.24) is 9.47 Å². The summed E-state index contributed by atoms with van der Waals surface area (Å²) < 4.78 is 15.1. The molecule has 9 heteroatoms. The van der Waals surface area contributed by atoms with Gasteiger partial charge in [0.1, 0.15) is 17.1 Å². The number of benzene rings is 2. The third-order valence-electron chi connectivity index (χ3n) is 5.95. The minimum atomic E-state index is -0.771. The monoisotopic (exact) mass is 488 g/mol. The summed E-state index contributed by atoms with van der Waals surface area (Å²) in [5, 5.41) is 14.1. The van der Waals surface area contributed by atoms with Gasteiger partial charge in [0, 0.05) is 49.5 Å². The highest BCUT2D eigenvalue weighted by Crippen LogP contribution is 2.31. The molecule has 0 aliphatic carbocycles. The molecule has 1 fully saturated rings. The van der Waals surface area contributed by atoms with Crippen LogP contribution in [0.15, 0.2) is 47.3 Å². The topological polar surface area (TPSA) is 77.8 Å². The molecule has 2 N–H and O–H groups in total. The molecular weight excluding hydrogens is 459 g/mol. The van der Waals surface area contributed by atoms with Crippen molar-refractivity contribution >= 4 is 40.6 Å². The molecule has 1 saturated heterocycles. The van der Waals surface area contributed by atoms with E-state index in [-0.39, 0.29) is 35.3 Å². The van der Waals surface area contributed by atoms with Crippen molar-refractivity contribution in [2.24, 2.45) is 5.92 Å². The molecule has 7 nitrogen and oxygen atoms in total. The summed E-state index contributed by atoms with van der Waals surface area (Å²) in [5.74, 6) is -1.50. The van der Waals surface area contributed by atoms with Crippen LogP contribution in [0.1, 0.15) is 24.2 Å². The molecule has 3 aromatic rings. The number of likely N-dealkylation sites (N-methyl/N-ethyl adjacent to an activating group) is 1. The Morgan fingerprint density at radius 1 is 1.12 bits per heavy atom. The Hall–Kier alpha value is -3.10. The highest BCUT2D eigenvalue weighted by Gasteiger charge is 2.24. The van der Waals surface area contributed by atoms with Crippen LogP contribution in [-0.4, -0.2) is 53.7 Å². The Kier molecular flexibility index (Phi) is 7.84. The lowest BCUT2D eigenvalue weighted by molar-refractivity contribution is 0.102. The highest BCUT2D eigenvalue weighted by atomic mass is 35.5. The van der Waals surface area contributed by atoms with Gasteiger partial charge in [0.15, 0.2) is 0 Å². The van der Waals surface area contributed by atoms with Crippen molar-refractivity contribution in [2.45, 2.75) is 20.4 Å². The number of rotatable bonds is 5. The molecule has 0 saturated carbocycles. The number of carbonyl (C=O) groups is 1. The molecule has 0 spiro atoms. The Morgan fingerprint density at radius 3 is 2.47 bits per heavy atom. The van der Waals surface area contributed by atoms with E-state index in [2.05, 4.69) is 22.2 Å². The first-order valence-corrected chi connectivity index (χ1v) is 11.1. The number of nitrogens with one attached hydrogen (secondary N) is 1. The van der Waals surface area contributed by atoms with Crippen molar-refractivity contribution in [3.63, 3.8) is 0 Å². The molecule has 0 radical (unpaired) electrons. The first-order valence-electron chi connectivity index (χ1n) is 11.1. The predicted octanol–water partition coefficient (Wildman–Crippen LogP) is 3.93. The normalized spacial score (nSPS) is 14.3. The quantitative estimate of drug-likeness (QED) is 0.569. The van der Waals surface area contributed by atoms with E-state index in [0.29, 0.717) is 17.4 Å². The SMILES string of the molecule is CC(C)Cn1c(=O)c(C(=O)Nc2cccc(F)c2)c(O)c2cc(N3CCN(C)CC3)ccc21.Cl. The van der Waals surface area contributed by atoms with Crippen LogP contribution in [0.25, 0.3) is 10.9 Å². The summed E-state index contributed by atoms with van der Waals surface area (Å²) in [6, 6.07) is 11.0. The molecule has 4 rings (SSSR count). The summed E-state index contributed by atoms with van der Waals surface area (Å²) >= 11 is 0. The lowest BCUT2D eigenvalue weighted by Crippen LogP contribution is -2.44. The van der Waals surface area contributed by atoms with E-state index in [4.69, 9.17) is 0 Å². The predicted molar refractivity (Wildman–Crippen MR) is 136 cm³/mol. The fraction of sp³-hybridized carbons (Fsp3) is 0.360. The molecule has 0 atom stereocenters. The number of fused-ring (bicyclic) bond motifs is 1. The molecule has 0 bridgehead atoms. The minimum Gasteiger partial charge on any atom is -0.506 e. The third kappa shape index (κ3) is 5.18. The second-order valence-corrected chi connectivity index (χ2v) is 8.99. The minimum absolute atomic E-state index is 0. The zero-order valence-electron chi connectivity index (χ0n) is 19.5. The molecule has 1 aromatic heterocycles. The van der Waals surface area contributed by atoms with Crippen LogP contribution >= 0.6 is 12.4 Å². The Morgan fingerprint density at radius 2 is 1.82 bits per heavy atom. The molecule has 34 heavy (non-hydrogen) atoms. The highest BCUT2D eigenvalue weighted by molar-refractivity contribution is 6.09. The zero-order chi connectivity index (χ0) is 23.7. The number of piperazine rings is 1. The lowest BCUT2D eigenvalue weighted by atomic mass is 10.1. The van der Waals surface area contributed by atoms with Gasteiger partial charge < -0.3 is 24.8 Å².